The van der Waals surface area contributed by atoms with E-state index >= 15 is 0 Å². The Morgan fingerprint density at radius 2 is 1.81 bits per heavy atom. The van der Waals surface area contributed by atoms with E-state index in [9.17, 15) is 0 Å². The second-order valence-corrected chi connectivity index (χ2v) is 4.77. The molecule has 0 aliphatic rings. The molecule has 0 fully saturated rings. The van der Waals surface area contributed by atoms with Gasteiger partial charge in [-0.25, -0.2) is 4.98 Å². The summed E-state index contributed by atoms with van der Waals surface area (Å²) in [6.07, 6.45) is 3.56. The summed E-state index contributed by atoms with van der Waals surface area (Å²) in [5.41, 5.74) is 1.99. The topological polar surface area (TPSA) is 12.9 Å². The molecule has 3 heteroatoms. The zero-order valence-electron chi connectivity index (χ0n) is 8.68. The fourth-order valence-corrected chi connectivity index (χ4v) is 2.44. The lowest BCUT2D eigenvalue weighted by Gasteiger charge is -1.95. The van der Waals surface area contributed by atoms with Crippen LogP contribution < -0.4 is 0 Å². The molecule has 0 aliphatic heterocycles. The monoisotopic (exact) mass is 245 g/mol. The van der Waals surface area contributed by atoms with E-state index in [0.29, 0.717) is 0 Å². The first-order chi connectivity index (χ1) is 7.74. The molecule has 0 bridgehead atoms. The average molecular weight is 245 g/mol. The Balaban J connectivity index is 2.48. The molecule has 0 amide bonds. The molecule has 80 valence electrons. The van der Waals surface area contributed by atoms with Gasteiger partial charge >= 0.3 is 0 Å². The first-order valence-corrected chi connectivity index (χ1v) is 6.06. The number of aromatic nitrogens is 1. The van der Waals surface area contributed by atoms with E-state index in [1.165, 1.54) is 0 Å². The van der Waals surface area contributed by atoms with Crippen molar-refractivity contribution in [1.29, 1.82) is 0 Å². The number of thiazole rings is 1. The minimum Gasteiger partial charge on any atom is -0.236 e. The third-order valence-corrected chi connectivity index (χ3v) is 3.59. The quantitative estimate of drug-likeness (QED) is 0.792. The summed E-state index contributed by atoms with van der Waals surface area (Å²) in [6, 6.07) is 7.95. The summed E-state index contributed by atoms with van der Waals surface area (Å²) in [7, 11) is 0. The van der Waals surface area contributed by atoms with Crippen LogP contribution in [0.1, 0.15) is 10.6 Å². The van der Waals surface area contributed by atoms with Crippen LogP contribution in [0.25, 0.3) is 22.7 Å². The van der Waals surface area contributed by atoms with Gasteiger partial charge in [-0.3, -0.25) is 0 Å². The van der Waals surface area contributed by atoms with Gasteiger partial charge in [-0.2, -0.15) is 0 Å². The van der Waals surface area contributed by atoms with E-state index in [2.05, 4.69) is 30.8 Å². The van der Waals surface area contributed by atoms with Crippen LogP contribution in [-0.2, 0) is 0 Å². The second kappa shape index (κ2) is 4.68. The molecular weight excluding hydrogens is 234 g/mol. The number of nitrogens with zero attached hydrogens (tertiary/aromatic N) is 1. The van der Waals surface area contributed by atoms with E-state index in [0.717, 1.165) is 26.0 Å². The highest BCUT2D eigenvalue weighted by Gasteiger charge is 2.07. The van der Waals surface area contributed by atoms with Crippen molar-refractivity contribution in [2.24, 2.45) is 0 Å². The zero-order valence-corrected chi connectivity index (χ0v) is 10.4. The highest BCUT2D eigenvalue weighted by Crippen LogP contribution is 2.29. The molecule has 0 aliphatic carbocycles. The SMILES string of the molecule is C=Cc1nc(-c2ccc(S)cc2)sc1C=C. The Bertz CT molecular complexity index is 498. The van der Waals surface area contributed by atoms with Crippen LogP contribution in [0.5, 0.6) is 0 Å². The van der Waals surface area contributed by atoms with Crippen LogP contribution in [-0.4, -0.2) is 4.98 Å². The van der Waals surface area contributed by atoms with Gasteiger partial charge in [0, 0.05) is 10.5 Å². The first-order valence-electron chi connectivity index (χ1n) is 4.79. The fraction of sp³-hybridized carbons (Fsp3) is 0. The van der Waals surface area contributed by atoms with Gasteiger partial charge in [-0.1, -0.05) is 25.3 Å². The largest absolute Gasteiger partial charge is 0.236 e. The van der Waals surface area contributed by atoms with Crippen molar-refractivity contribution in [3.05, 3.63) is 48.0 Å². The van der Waals surface area contributed by atoms with Crippen LogP contribution in [0.4, 0.5) is 0 Å². The lowest BCUT2D eigenvalue weighted by Crippen LogP contribution is -1.77. The van der Waals surface area contributed by atoms with Crippen molar-refractivity contribution in [2.45, 2.75) is 4.90 Å². The Kier molecular flexibility index (Phi) is 3.27. The molecule has 1 aromatic carbocycles. The lowest BCUT2D eigenvalue weighted by molar-refractivity contribution is 1.36. The number of rotatable bonds is 3. The molecule has 1 nitrogen and oxygen atoms in total. The summed E-state index contributed by atoms with van der Waals surface area (Å²) in [5.74, 6) is 0. The van der Waals surface area contributed by atoms with Gasteiger partial charge in [0.25, 0.3) is 0 Å². The standard InChI is InChI=1S/C13H11NS2/c1-3-11-12(4-2)16-13(14-11)9-5-7-10(15)8-6-9/h3-8,15H,1-2H2. The number of hydrogen-bond donors (Lipinski definition) is 1. The maximum absolute atomic E-state index is 4.50. The van der Waals surface area contributed by atoms with Crippen LogP contribution in [0.2, 0.25) is 0 Å². The Labute approximate surface area is 105 Å². The smallest absolute Gasteiger partial charge is 0.124 e. The summed E-state index contributed by atoms with van der Waals surface area (Å²) in [4.78, 5) is 6.51. The van der Waals surface area contributed by atoms with Gasteiger partial charge in [0.05, 0.1) is 10.6 Å². The molecule has 0 radical (unpaired) electrons. The van der Waals surface area contributed by atoms with Crippen molar-refractivity contribution < 1.29 is 0 Å². The molecule has 1 aromatic heterocycles. The highest BCUT2D eigenvalue weighted by molar-refractivity contribution is 7.80. The van der Waals surface area contributed by atoms with Crippen LogP contribution in [0.3, 0.4) is 0 Å². The Morgan fingerprint density at radius 1 is 1.12 bits per heavy atom. The Hall–Kier alpha value is -1.32. The molecule has 2 aromatic rings. The maximum atomic E-state index is 4.50. The maximum Gasteiger partial charge on any atom is 0.124 e. The molecule has 0 spiro atoms. The molecule has 16 heavy (non-hydrogen) atoms. The number of benzene rings is 1. The molecule has 2 rings (SSSR count). The highest BCUT2D eigenvalue weighted by atomic mass is 32.1. The van der Waals surface area contributed by atoms with Crippen molar-refractivity contribution in [1.82, 2.24) is 4.98 Å². The summed E-state index contributed by atoms with van der Waals surface area (Å²) < 4.78 is 0. The summed E-state index contributed by atoms with van der Waals surface area (Å²) in [5, 5.41) is 0.984. The van der Waals surface area contributed by atoms with Crippen LogP contribution >= 0.6 is 24.0 Å². The molecule has 0 N–H and O–H groups in total. The predicted molar refractivity (Wildman–Crippen MR) is 75.0 cm³/mol. The first kappa shape index (κ1) is 11.2. The van der Waals surface area contributed by atoms with Crippen molar-refractivity contribution in [3.63, 3.8) is 0 Å². The average Bonchev–Trinajstić information content (AvgIpc) is 2.73. The summed E-state index contributed by atoms with van der Waals surface area (Å²) in [6.45, 7) is 7.52. The number of hydrogen-bond acceptors (Lipinski definition) is 3. The van der Waals surface area contributed by atoms with E-state index in [1.807, 2.05) is 30.3 Å². The van der Waals surface area contributed by atoms with Gasteiger partial charge in [-0.15, -0.1) is 24.0 Å². The van der Waals surface area contributed by atoms with Gasteiger partial charge in [0.2, 0.25) is 0 Å². The fourth-order valence-electron chi connectivity index (χ4n) is 1.36. The molecule has 1 heterocycles. The third-order valence-electron chi connectivity index (χ3n) is 2.17. The normalized spacial score (nSPS) is 10.1. The van der Waals surface area contributed by atoms with E-state index < -0.39 is 0 Å². The minimum absolute atomic E-state index is 0.893. The zero-order chi connectivity index (χ0) is 11.5. The van der Waals surface area contributed by atoms with Crippen molar-refractivity contribution >= 4 is 36.1 Å². The van der Waals surface area contributed by atoms with Gasteiger partial charge in [0.15, 0.2) is 0 Å². The van der Waals surface area contributed by atoms with Crippen LogP contribution in [0, 0.1) is 0 Å². The summed E-state index contributed by atoms with van der Waals surface area (Å²) >= 11 is 5.87. The van der Waals surface area contributed by atoms with E-state index in [-0.39, 0.29) is 0 Å². The van der Waals surface area contributed by atoms with E-state index in [4.69, 9.17) is 0 Å². The number of thiol groups is 1. The van der Waals surface area contributed by atoms with Crippen molar-refractivity contribution in [2.75, 3.05) is 0 Å². The van der Waals surface area contributed by atoms with Gasteiger partial charge in [0.1, 0.15) is 5.01 Å². The predicted octanol–water partition coefficient (Wildman–Crippen LogP) is 4.38. The Morgan fingerprint density at radius 3 is 2.31 bits per heavy atom. The van der Waals surface area contributed by atoms with E-state index in [1.54, 1.807) is 17.4 Å². The van der Waals surface area contributed by atoms with Crippen LogP contribution in [0.15, 0.2) is 42.3 Å². The molecule has 0 unspecified atom stereocenters. The minimum atomic E-state index is 0.893. The van der Waals surface area contributed by atoms with Gasteiger partial charge in [-0.05, 0) is 24.3 Å². The third kappa shape index (κ3) is 2.10. The molecular formula is C13H11NS2. The second-order valence-electron chi connectivity index (χ2n) is 3.22. The van der Waals surface area contributed by atoms with Crippen molar-refractivity contribution in [3.8, 4) is 10.6 Å². The lowest BCUT2D eigenvalue weighted by atomic mass is 10.2. The van der Waals surface area contributed by atoms with Gasteiger partial charge < -0.3 is 0 Å². The molecule has 0 saturated heterocycles. The molecule has 0 saturated carbocycles. The molecule has 0 atom stereocenters.